The summed E-state index contributed by atoms with van der Waals surface area (Å²) >= 11 is 4.93. The highest BCUT2D eigenvalue weighted by molar-refractivity contribution is 7.80. The van der Waals surface area contributed by atoms with Crippen LogP contribution < -0.4 is 0 Å². The molecule has 0 unspecified atom stereocenters. The fourth-order valence-electron chi connectivity index (χ4n) is 0.523. The van der Waals surface area contributed by atoms with Crippen molar-refractivity contribution >= 4 is 22.9 Å². The van der Waals surface area contributed by atoms with Crippen LogP contribution in [0.5, 0.6) is 0 Å². The molecule has 0 N–H and O–H groups in total. The van der Waals surface area contributed by atoms with E-state index in [0.717, 1.165) is 11.3 Å². The molecule has 0 saturated heterocycles. The summed E-state index contributed by atoms with van der Waals surface area (Å²) in [7, 11) is 0. The van der Waals surface area contributed by atoms with E-state index in [-0.39, 0.29) is 11.7 Å². The summed E-state index contributed by atoms with van der Waals surface area (Å²) in [5, 5.41) is 0. The molecule has 0 amide bonds. The first-order chi connectivity index (χ1) is 4.57. The van der Waals surface area contributed by atoms with Crippen molar-refractivity contribution in [2.75, 3.05) is 0 Å². The van der Waals surface area contributed by atoms with Gasteiger partial charge in [0.25, 0.3) is 0 Å². The van der Waals surface area contributed by atoms with Gasteiger partial charge in [0.2, 0.25) is 0 Å². The molecule has 0 atom stereocenters. The maximum absolute atomic E-state index is 11.0. The summed E-state index contributed by atoms with van der Waals surface area (Å²) in [6, 6.07) is 0. The van der Waals surface area contributed by atoms with Gasteiger partial charge in [0.05, 0.1) is 0 Å². The van der Waals surface area contributed by atoms with Gasteiger partial charge < -0.3 is 0 Å². The minimum Gasteiger partial charge on any atom is -0.299 e. The Morgan fingerprint density at radius 1 is 1.50 bits per heavy atom. The lowest BCUT2D eigenvalue weighted by atomic mass is 10.0. The molecule has 1 nitrogen and oxygen atoms in total. The van der Waals surface area contributed by atoms with Gasteiger partial charge in [-0.2, -0.15) is 0 Å². The summed E-state index contributed by atoms with van der Waals surface area (Å²) in [6.07, 6.45) is 1.33. The highest BCUT2D eigenvalue weighted by Gasteiger charge is 2.07. The largest absolute Gasteiger partial charge is 0.299 e. The quantitative estimate of drug-likeness (QED) is 0.584. The summed E-state index contributed by atoms with van der Waals surface area (Å²) in [6.45, 7) is 5.79. The van der Waals surface area contributed by atoms with Gasteiger partial charge >= 0.3 is 0 Å². The lowest BCUT2D eigenvalue weighted by molar-refractivity contribution is -0.120. The van der Waals surface area contributed by atoms with Gasteiger partial charge in [0, 0.05) is 12.3 Å². The fraction of sp³-hybridized carbons (Fsp3) is 0.750. The van der Waals surface area contributed by atoms with Gasteiger partial charge in [-0.05, 0) is 11.3 Å². The van der Waals surface area contributed by atoms with Gasteiger partial charge in [-0.1, -0.05) is 33.0 Å². The van der Waals surface area contributed by atoms with Crippen LogP contribution in [0.1, 0.15) is 33.6 Å². The number of hydrogen-bond acceptors (Lipinski definition) is 2. The highest BCUT2D eigenvalue weighted by atomic mass is 32.1. The van der Waals surface area contributed by atoms with E-state index in [9.17, 15) is 4.79 Å². The molecule has 0 aromatic heterocycles. The average molecular weight is 158 g/mol. The van der Waals surface area contributed by atoms with E-state index in [1.54, 1.807) is 0 Å². The molecule has 0 fully saturated rings. The van der Waals surface area contributed by atoms with Crippen LogP contribution in [0, 0.1) is 5.92 Å². The van der Waals surface area contributed by atoms with Crippen molar-refractivity contribution in [1.82, 2.24) is 0 Å². The van der Waals surface area contributed by atoms with Crippen molar-refractivity contribution in [2.45, 2.75) is 33.6 Å². The zero-order valence-electron chi connectivity index (χ0n) is 6.81. The molecule has 10 heavy (non-hydrogen) atoms. The van der Waals surface area contributed by atoms with Gasteiger partial charge in [0.1, 0.15) is 5.78 Å². The van der Waals surface area contributed by atoms with Gasteiger partial charge in [-0.25, -0.2) is 0 Å². The van der Waals surface area contributed by atoms with Crippen LogP contribution in [0.2, 0.25) is 0 Å². The van der Waals surface area contributed by atoms with Crippen molar-refractivity contribution in [1.29, 1.82) is 0 Å². The van der Waals surface area contributed by atoms with Crippen molar-refractivity contribution in [3.63, 3.8) is 0 Å². The number of thiocarbonyl (C=S) groups is 1. The normalized spacial score (nSPS) is 10.0. The van der Waals surface area contributed by atoms with Crippen molar-refractivity contribution < 1.29 is 4.79 Å². The maximum Gasteiger partial charge on any atom is 0.140 e. The van der Waals surface area contributed by atoms with Gasteiger partial charge in [0.15, 0.2) is 0 Å². The van der Waals surface area contributed by atoms with E-state index in [1.165, 1.54) is 0 Å². The van der Waals surface area contributed by atoms with Crippen molar-refractivity contribution in [3.8, 4) is 0 Å². The topological polar surface area (TPSA) is 17.1 Å². The van der Waals surface area contributed by atoms with E-state index in [1.807, 2.05) is 20.8 Å². The lowest BCUT2D eigenvalue weighted by Crippen LogP contribution is -2.10. The molecular formula is C8H14OS. The Kier molecular flexibility index (Phi) is 4.45. The van der Waals surface area contributed by atoms with Crippen molar-refractivity contribution in [2.24, 2.45) is 5.92 Å². The Bertz CT molecular complexity index is 138. The Morgan fingerprint density at radius 2 is 2.00 bits per heavy atom. The monoisotopic (exact) mass is 158 g/mol. The molecule has 0 aliphatic carbocycles. The van der Waals surface area contributed by atoms with Crippen LogP contribution in [-0.4, -0.2) is 10.6 Å². The fourth-order valence-corrected chi connectivity index (χ4v) is 0.666. The van der Waals surface area contributed by atoms with E-state index >= 15 is 0 Å². The van der Waals surface area contributed by atoms with E-state index in [0.29, 0.717) is 6.42 Å². The van der Waals surface area contributed by atoms with Crippen molar-refractivity contribution in [3.05, 3.63) is 0 Å². The number of carbonyl (C=O) groups excluding carboxylic acids is 1. The Labute approximate surface area is 67.8 Å². The highest BCUT2D eigenvalue weighted by Crippen LogP contribution is 2.02. The maximum atomic E-state index is 11.0. The molecule has 58 valence electrons. The molecule has 0 radical (unpaired) electrons. The number of Topliss-reactive ketones (excluding diaryl/α,β-unsaturated/α-hetero) is 1. The van der Waals surface area contributed by atoms with Gasteiger partial charge in [-0.3, -0.25) is 4.79 Å². The molecule has 0 rings (SSSR count). The van der Waals surface area contributed by atoms with Crippen LogP contribution in [0.3, 0.4) is 0 Å². The minimum atomic E-state index is 0.129. The summed E-state index contributed by atoms with van der Waals surface area (Å²) in [5.41, 5.74) is 0. The molecule has 0 aromatic rings. The summed E-state index contributed by atoms with van der Waals surface area (Å²) < 4.78 is 0. The van der Waals surface area contributed by atoms with Crippen LogP contribution in [0.15, 0.2) is 0 Å². The second kappa shape index (κ2) is 4.56. The second-order valence-electron chi connectivity index (χ2n) is 2.69. The Balaban J connectivity index is 3.69. The minimum absolute atomic E-state index is 0.129. The third-order valence-corrected chi connectivity index (χ3v) is 1.84. The van der Waals surface area contributed by atoms with E-state index < -0.39 is 0 Å². The first-order valence-corrected chi connectivity index (χ1v) is 4.03. The van der Waals surface area contributed by atoms with Gasteiger partial charge in [-0.15, -0.1) is 0 Å². The second-order valence-corrected chi connectivity index (χ2v) is 3.27. The smallest absolute Gasteiger partial charge is 0.140 e. The molecule has 0 bridgehead atoms. The number of ketones is 1. The summed E-state index contributed by atoms with van der Waals surface area (Å²) in [4.78, 5) is 11.9. The average Bonchev–Trinajstić information content (AvgIpc) is 1.87. The molecule has 0 aliphatic heterocycles. The van der Waals surface area contributed by atoms with Crippen LogP contribution in [-0.2, 0) is 4.79 Å². The first kappa shape index (κ1) is 9.76. The molecule has 0 heterocycles. The van der Waals surface area contributed by atoms with Crippen LogP contribution >= 0.6 is 12.2 Å². The molecule has 0 spiro atoms. The first-order valence-electron chi connectivity index (χ1n) is 3.62. The third-order valence-electron chi connectivity index (χ3n) is 1.41. The van der Waals surface area contributed by atoms with Crippen LogP contribution in [0.25, 0.3) is 0 Å². The SMILES string of the molecule is CCC(=S)CC(=O)C(C)C. The summed E-state index contributed by atoms with van der Waals surface area (Å²) in [5.74, 6) is 0.386. The molecular weight excluding hydrogens is 144 g/mol. The molecule has 0 aliphatic rings. The van der Waals surface area contributed by atoms with E-state index in [4.69, 9.17) is 12.2 Å². The van der Waals surface area contributed by atoms with Crippen LogP contribution in [0.4, 0.5) is 0 Å². The lowest BCUT2D eigenvalue weighted by Gasteiger charge is -2.02. The predicted molar refractivity (Wildman–Crippen MR) is 47.4 cm³/mol. The zero-order chi connectivity index (χ0) is 8.15. The zero-order valence-corrected chi connectivity index (χ0v) is 7.62. The van der Waals surface area contributed by atoms with E-state index in [2.05, 4.69) is 0 Å². The molecule has 0 aromatic carbocycles. The Hall–Kier alpha value is -0.240. The number of carbonyl (C=O) groups is 1. The number of rotatable bonds is 4. The predicted octanol–water partition coefficient (Wildman–Crippen LogP) is 2.38. The molecule has 2 heteroatoms. The third kappa shape index (κ3) is 3.72. The standard InChI is InChI=1S/C8H14OS/c1-4-7(10)5-8(9)6(2)3/h6H,4-5H2,1-3H3. The Morgan fingerprint density at radius 3 is 2.30 bits per heavy atom. The molecule has 0 saturated carbocycles. The number of hydrogen-bond donors (Lipinski definition) is 0.